The van der Waals surface area contributed by atoms with Crippen molar-refractivity contribution in [2.24, 2.45) is 11.8 Å². The second-order valence-electron chi connectivity index (χ2n) is 8.66. The van der Waals surface area contributed by atoms with Gasteiger partial charge in [0.2, 0.25) is 0 Å². The second kappa shape index (κ2) is 9.04. The lowest BCUT2D eigenvalue weighted by Crippen LogP contribution is -2.43. The average molecular weight is 417 g/mol. The van der Waals surface area contributed by atoms with E-state index in [4.69, 9.17) is 4.74 Å². The van der Waals surface area contributed by atoms with Gasteiger partial charge in [-0.1, -0.05) is 30.3 Å². The fourth-order valence-electron chi connectivity index (χ4n) is 4.97. The third-order valence-corrected chi connectivity index (χ3v) is 6.40. The molecule has 6 nitrogen and oxygen atoms in total. The molecule has 2 heterocycles. The maximum absolute atomic E-state index is 10.7. The monoisotopic (exact) mass is 416 g/mol. The number of para-hydroxylation sites is 1. The Hall–Kier alpha value is -2.96. The molecular weight excluding hydrogens is 388 g/mol. The van der Waals surface area contributed by atoms with Crippen molar-refractivity contribution in [3.63, 3.8) is 0 Å². The SMILES string of the molecule is O[C@@H]1C[C@H]2CN(Cc3cccc(Oc4ccccc4)c3)C[C@H]2C[C@H]1Nc1cnccn1. The van der Waals surface area contributed by atoms with E-state index in [1.807, 2.05) is 36.4 Å². The number of hydrogen-bond donors (Lipinski definition) is 2. The smallest absolute Gasteiger partial charge is 0.144 e. The quantitative estimate of drug-likeness (QED) is 0.634. The van der Waals surface area contributed by atoms with Crippen molar-refractivity contribution in [2.45, 2.75) is 31.5 Å². The van der Waals surface area contributed by atoms with E-state index in [1.165, 1.54) is 5.56 Å². The van der Waals surface area contributed by atoms with E-state index in [0.717, 1.165) is 49.8 Å². The number of anilines is 1. The van der Waals surface area contributed by atoms with E-state index in [9.17, 15) is 5.11 Å². The Morgan fingerprint density at radius 1 is 0.968 bits per heavy atom. The molecule has 1 saturated heterocycles. The average Bonchev–Trinajstić information content (AvgIpc) is 3.16. The first-order valence-corrected chi connectivity index (χ1v) is 11.0. The van der Waals surface area contributed by atoms with E-state index in [1.54, 1.807) is 18.6 Å². The van der Waals surface area contributed by atoms with Gasteiger partial charge in [0.05, 0.1) is 18.3 Å². The zero-order chi connectivity index (χ0) is 21.0. The number of aromatic nitrogens is 2. The number of aliphatic hydroxyl groups excluding tert-OH is 1. The second-order valence-corrected chi connectivity index (χ2v) is 8.66. The molecule has 1 aliphatic heterocycles. The van der Waals surface area contributed by atoms with Crippen molar-refractivity contribution in [3.05, 3.63) is 78.8 Å². The van der Waals surface area contributed by atoms with Crippen LogP contribution in [0.1, 0.15) is 18.4 Å². The highest BCUT2D eigenvalue weighted by Gasteiger charge is 2.41. The molecule has 4 atom stereocenters. The van der Waals surface area contributed by atoms with Gasteiger partial charge in [-0.05, 0) is 54.5 Å². The molecule has 0 bridgehead atoms. The van der Waals surface area contributed by atoms with E-state index >= 15 is 0 Å². The van der Waals surface area contributed by atoms with Crippen LogP contribution >= 0.6 is 0 Å². The van der Waals surface area contributed by atoms with Crippen molar-refractivity contribution in [3.8, 4) is 11.5 Å². The maximum atomic E-state index is 10.7. The topological polar surface area (TPSA) is 70.5 Å². The van der Waals surface area contributed by atoms with Gasteiger partial charge in [-0.2, -0.15) is 0 Å². The molecular formula is C25H28N4O2. The van der Waals surface area contributed by atoms with E-state index in [-0.39, 0.29) is 12.1 Å². The third-order valence-electron chi connectivity index (χ3n) is 6.40. The summed E-state index contributed by atoms with van der Waals surface area (Å²) in [6.07, 6.45) is 6.47. The summed E-state index contributed by atoms with van der Waals surface area (Å²) in [5.74, 6) is 3.57. The van der Waals surface area contributed by atoms with Crippen LogP contribution in [0.2, 0.25) is 0 Å². The van der Waals surface area contributed by atoms with E-state index in [2.05, 4.69) is 38.4 Å². The highest BCUT2D eigenvalue weighted by molar-refractivity contribution is 5.34. The Morgan fingerprint density at radius 2 is 1.77 bits per heavy atom. The van der Waals surface area contributed by atoms with Crippen LogP contribution in [0.15, 0.2) is 73.2 Å². The number of rotatable bonds is 6. The number of nitrogens with one attached hydrogen (secondary N) is 1. The molecule has 2 N–H and O–H groups in total. The van der Waals surface area contributed by atoms with Crippen molar-refractivity contribution in [2.75, 3.05) is 18.4 Å². The summed E-state index contributed by atoms with van der Waals surface area (Å²) in [5, 5.41) is 14.1. The van der Waals surface area contributed by atoms with Crippen molar-refractivity contribution in [1.29, 1.82) is 0 Å². The van der Waals surface area contributed by atoms with Gasteiger partial charge in [0.1, 0.15) is 17.3 Å². The number of likely N-dealkylation sites (tertiary alicyclic amines) is 1. The molecule has 2 aliphatic rings. The zero-order valence-electron chi connectivity index (χ0n) is 17.5. The predicted molar refractivity (Wildman–Crippen MR) is 120 cm³/mol. The van der Waals surface area contributed by atoms with Crippen LogP contribution in [0.3, 0.4) is 0 Å². The molecule has 1 aromatic heterocycles. The lowest BCUT2D eigenvalue weighted by molar-refractivity contribution is 0.0735. The van der Waals surface area contributed by atoms with Crippen molar-refractivity contribution in [1.82, 2.24) is 14.9 Å². The molecule has 6 heteroatoms. The molecule has 2 fully saturated rings. The van der Waals surface area contributed by atoms with Gasteiger partial charge >= 0.3 is 0 Å². The standard InChI is InChI=1S/C25H28N4O2/c30-24-13-20-17-29(16-19(20)12-23(24)28-25-14-26-9-10-27-25)15-18-5-4-8-22(11-18)31-21-6-2-1-3-7-21/h1-11,14,19-20,23-24,30H,12-13,15-17H2,(H,27,28)/t19-,20+,23-,24-/m1/s1. The first-order chi connectivity index (χ1) is 15.2. The van der Waals surface area contributed by atoms with E-state index in [0.29, 0.717) is 11.8 Å². The minimum atomic E-state index is -0.356. The first-order valence-electron chi connectivity index (χ1n) is 11.0. The Kier molecular flexibility index (Phi) is 5.82. The van der Waals surface area contributed by atoms with Gasteiger partial charge in [-0.3, -0.25) is 9.88 Å². The van der Waals surface area contributed by atoms with Gasteiger partial charge in [0, 0.05) is 32.0 Å². The van der Waals surface area contributed by atoms with Gasteiger partial charge in [-0.15, -0.1) is 0 Å². The van der Waals surface area contributed by atoms with Crippen LogP contribution in [0.4, 0.5) is 5.82 Å². The number of hydrogen-bond acceptors (Lipinski definition) is 6. The predicted octanol–water partition coefficient (Wildman–Crippen LogP) is 3.95. The molecule has 1 aliphatic carbocycles. The Bertz CT molecular complexity index is 985. The lowest BCUT2D eigenvalue weighted by Gasteiger charge is -2.35. The summed E-state index contributed by atoms with van der Waals surface area (Å²) in [4.78, 5) is 10.9. The molecule has 31 heavy (non-hydrogen) atoms. The van der Waals surface area contributed by atoms with Crippen LogP contribution in [0.25, 0.3) is 0 Å². The largest absolute Gasteiger partial charge is 0.457 e. The van der Waals surface area contributed by atoms with Crippen LogP contribution in [0, 0.1) is 11.8 Å². The number of benzene rings is 2. The molecule has 5 rings (SSSR count). The number of nitrogens with zero attached hydrogens (tertiary/aromatic N) is 3. The van der Waals surface area contributed by atoms with Gasteiger partial charge in [-0.25, -0.2) is 4.98 Å². The molecule has 2 aromatic carbocycles. The van der Waals surface area contributed by atoms with Gasteiger partial charge < -0.3 is 15.2 Å². The molecule has 0 radical (unpaired) electrons. The highest BCUT2D eigenvalue weighted by Crippen LogP contribution is 2.38. The Labute approximate surface area is 182 Å². The summed E-state index contributed by atoms with van der Waals surface area (Å²) in [7, 11) is 0. The lowest BCUT2D eigenvalue weighted by atomic mass is 9.77. The first kappa shape index (κ1) is 20.0. The summed E-state index contributed by atoms with van der Waals surface area (Å²) in [6.45, 7) is 2.99. The Morgan fingerprint density at radius 3 is 2.58 bits per heavy atom. The van der Waals surface area contributed by atoms with Crippen LogP contribution < -0.4 is 10.1 Å². The normalized spacial score (nSPS) is 25.7. The van der Waals surface area contributed by atoms with Gasteiger partial charge in [0.15, 0.2) is 0 Å². The number of ether oxygens (including phenoxy) is 1. The highest BCUT2D eigenvalue weighted by atomic mass is 16.5. The van der Waals surface area contributed by atoms with Gasteiger partial charge in [0.25, 0.3) is 0 Å². The molecule has 0 unspecified atom stereocenters. The molecule has 0 spiro atoms. The summed E-state index contributed by atoms with van der Waals surface area (Å²) >= 11 is 0. The fourth-order valence-corrected chi connectivity index (χ4v) is 4.97. The maximum Gasteiger partial charge on any atom is 0.144 e. The molecule has 160 valence electrons. The Balaban J connectivity index is 1.20. The minimum absolute atomic E-state index is 0.0282. The van der Waals surface area contributed by atoms with Crippen LogP contribution in [-0.4, -0.2) is 45.2 Å². The summed E-state index contributed by atoms with van der Waals surface area (Å²) < 4.78 is 5.99. The number of aliphatic hydroxyl groups is 1. The summed E-state index contributed by atoms with van der Waals surface area (Å²) in [5.41, 5.74) is 1.25. The third kappa shape index (κ3) is 4.86. The van der Waals surface area contributed by atoms with Crippen molar-refractivity contribution < 1.29 is 9.84 Å². The fraction of sp³-hybridized carbons (Fsp3) is 0.360. The minimum Gasteiger partial charge on any atom is -0.457 e. The van der Waals surface area contributed by atoms with Crippen LogP contribution in [0.5, 0.6) is 11.5 Å². The zero-order valence-corrected chi connectivity index (χ0v) is 17.5. The summed E-state index contributed by atoms with van der Waals surface area (Å²) in [6, 6.07) is 18.2. The van der Waals surface area contributed by atoms with Crippen molar-refractivity contribution >= 4 is 5.82 Å². The molecule has 1 saturated carbocycles. The molecule has 0 amide bonds. The molecule has 3 aromatic rings. The number of fused-ring (bicyclic) bond motifs is 1. The van der Waals surface area contributed by atoms with Crippen LogP contribution in [-0.2, 0) is 6.54 Å². The van der Waals surface area contributed by atoms with E-state index < -0.39 is 0 Å².